The van der Waals surface area contributed by atoms with Gasteiger partial charge in [-0.2, -0.15) is 17.2 Å². The molecular weight excluding hydrogens is 157 g/mol. The molecule has 0 saturated heterocycles. The Morgan fingerprint density at radius 1 is 1.38 bits per heavy atom. The van der Waals surface area contributed by atoms with E-state index in [4.69, 9.17) is 13.0 Å². The summed E-state index contributed by atoms with van der Waals surface area (Å²) in [7, 11) is -5.07. The SMILES string of the molecule is O=S(=O)(O)C(F)F.[AlH3]. The van der Waals surface area contributed by atoms with Crippen molar-refractivity contribution >= 4 is 27.5 Å². The molecule has 8 heavy (non-hydrogen) atoms. The Morgan fingerprint density at radius 3 is 1.50 bits per heavy atom. The van der Waals surface area contributed by atoms with Gasteiger partial charge in [0.25, 0.3) is 0 Å². The zero-order chi connectivity index (χ0) is 6.08. The van der Waals surface area contributed by atoms with Crippen molar-refractivity contribution in [3.63, 3.8) is 0 Å². The number of halogens is 2. The lowest BCUT2D eigenvalue weighted by atomic mass is 11.7. The minimum absolute atomic E-state index is 0. The molecule has 0 unspecified atom stereocenters. The molecule has 0 aliphatic rings. The summed E-state index contributed by atoms with van der Waals surface area (Å²) in [6.07, 6.45) is 0. The van der Waals surface area contributed by atoms with E-state index in [1.54, 1.807) is 0 Å². The highest BCUT2D eigenvalue weighted by Gasteiger charge is 2.18. The molecule has 0 aliphatic heterocycles. The molecule has 0 amide bonds. The van der Waals surface area contributed by atoms with Gasteiger partial charge in [-0.1, -0.05) is 0 Å². The van der Waals surface area contributed by atoms with Crippen LogP contribution < -0.4 is 0 Å². The normalized spacial score (nSPS) is 11.0. The van der Waals surface area contributed by atoms with Crippen LogP contribution in [0.4, 0.5) is 8.78 Å². The molecule has 50 valence electrons. The molecule has 0 saturated carbocycles. The second kappa shape index (κ2) is 3.35. The lowest BCUT2D eigenvalue weighted by molar-refractivity contribution is 0.217. The molecule has 0 aromatic heterocycles. The summed E-state index contributed by atoms with van der Waals surface area (Å²) in [5, 5.41) is 0. The molecular formula is CH5AlF2O3S. The van der Waals surface area contributed by atoms with Gasteiger partial charge in [-0.05, 0) is 0 Å². The van der Waals surface area contributed by atoms with Crippen LogP contribution in [0.5, 0.6) is 0 Å². The maximum Gasteiger partial charge on any atom is 0.361 e. The average molecular weight is 162 g/mol. The number of rotatable bonds is 1. The van der Waals surface area contributed by atoms with E-state index in [1.807, 2.05) is 0 Å². The molecule has 0 heterocycles. The molecule has 3 nitrogen and oxygen atoms in total. The Balaban J connectivity index is 0. The molecule has 1 N–H and O–H groups in total. The first-order valence-corrected chi connectivity index (χ1v) is 2.69. The van der Waals surface area contributed by atoms with Gasteiger partial charge in [-0.3, -0.25) is 4.55 Å². The van der Waals surface area contributed by atoms with E-state index >= 15 is 0 Å². The van der Waals surface area contributed by atoms with Gasteiger partial charge in [0.05, 0.1) is 0 Å². The highest BCUT2D eigenvalue weighted by molar-refractivity contribution is 7.86. The van der Waals surface area contributed by atoms with Gasteiger partial charge in [0, 0.05) is 0 Å². The van der Waals surface area contributed by atoms with E-state index in [-0.39, 0.29) is 17.4 Å². The average Bonchev–Trinajstić information content (AvgIpc) is 1.31. The summed E-state index contributed by atoms with van der Waals surface area (Å²) in [5.74, 6) is -3.67. The van der Waals surface area contributed by atoms with Crippen LogP contribution in [0.3, 0.4) is 0 Å². The standard InChI is InChI=1S/CH2F2O3S.Al.3H/c2-1(3)7(4,5)6;;;;/h1H,(H,4,5,6);;;;. The van der Waals surface area contributed by atoms with Crippen LogP contribution in [-0.4, -0.2) is 36.1 Å². The highest BCUT2D eigenvalue weighted by atomic mass is 32.2. The molecule has 0 aliphatic carbocycles. The van der Waals surface area contributed by atoms with Crippen molar-refractivity contribution < 1.29 is 21.8 Å². The molecule has 0 spiro atoms. The third-order valence-electron chi connectivity index (χ3n) is 0.225. The van der Waals surface area contributed by atoms with Crippen LogP contribution in [0.25, 0.3) is 0 Å². The van der Waals surface area contributed by atoms with Gasteiger partial charge in [-0.15, -0.1) is 0 Å². The smallest absolute Gasteiger partial charge is 0.281 e. The van der Waals surface area contributed by atoms with Crippen LogP contribution in [0.1, 0.15) is 0 Å². The van der Waals surface area contributed by atoms with Crippen molar-refractivity contribution in [2.45, 2.75) is 5.76 Å². The first kappa shape index (κ1) is 11.1. The first-order valence-electron chi connectivity index (χ1n) is 1.19. The third kappa shape index (κ3) is 4.46. The quantitative estimate of drug-likeness (QED) is 0.394. The molecule has 7 heteroatoms. The largest absolute Gasteiger partial charge is 0.361 e. The topological polar surface area (TPSA) is 54.4 Å². The monoisotopic (exact) mass is 162 g/mol. The van der Waals surface area contributed by atoms with Gasteiger partial charge in [-0.25, -0.2) is 0 Å². The van der Waals surface area contributed by atoms with Crippen LogP contribution >= 0.6 is 0 Å². The summed E-state index contributed by atoms with van der Waals surface area (Å²) < 4.78 is 47.0. The lowest BCUT2D eigenvalue weighted by Gasteiger charge is -1.87. The van der Waals surface area contributed by atoms with Crippen LogP contribution in [0, 0.1) is 0 Å². The number of hydrogen-bond acceptors (Lipinski definition) is 2. The summed E-state index contributed by atoms with van der Waals surface area (Å²) in [6, 6.07) is 0. The zero-order valence-corrected chi connectivity index (χ0v) is 3.82. The van der Waals surface area contributed by atoms with Crippen molar-refractivity contribution in [3.05, 3.63) is 0 Å². The van der Waals surface area contributed by atoms with E-state index in [0.29, 0.717) is 0 Å². The fourth-order valence-electron chi connectivity index (χ4n) is 0. The zero-order valence-electron chi connectivity index (χ0n) is 3.01. The van der Waals surface area contributed by atoms with Crippen molar-refractivity contribution in [3.8, 4) is 0 Å². The second-order valence-corrected chi connectivity index (χ2v) is 2.16. The summed E-state index contributed by atoms with van der Waals surface area (Å²) in [6.45, 7) is 0. The van der Waals surface area contributed by atoms with Crippen molar-refractivity contribution in [2.24, 2.45) is 0 Å². The minimum Gasteiger partial charge on any atom is -0.281 e. The highest BCUT2D eigenvalue weighted by Crippen LogP contribution is 1.98. The fourth-order valence-corrected chi connectivity index (χ4v) is 0. The summed E-state index contributed by atoms with van der Waals surface area (Å²) in [5.41, 5.74) is 0. The van der Waals surface area contributed by atoms with Crippen molar-refractivity contribution in [1.29, 1.82) is 0 Å². The van der Waals surface area contributed by atoms with E-state index in [0.717, 1.165) is 0 Å². The van der Waals surface area contributed by atoms with Gasteiger partial charge < -0.3 is 0 Å². The maximum absolute atomic E-state index is 10.7. The Labute approximate surface area is 55.6 Å². The Morgan fingerprint density at radius 2 is 1.50 bits per heavy atom. The van der Waals surface area contributed by atoms with Gasteiger partial charge in [0.2, 0.25) is 0 Å². The molecule has 0 atom stereocenters. The van der Waals surface area contributed by atoms with Gasteiger partial charge >= 0.3 is 15.9 Å². The van der Waals surface area contributed by atoms with Gasteiger partial charge in [0.1, 0.15) is 0 Å². The maximum atomic E-state index is 10.7. The van der Waals surface area contributed by atoms with E-state index in [1.165, 1.54) is 0 Å². The Hall–Kier alpha value is 0.302. The Kier molecular flexibility index (Phi) is 4.67. The minimum atomic E-state index is -5.07. The molecule has 0 rings (SSSR count). The first-order chi connectivity index (χ1) is 2.94. The van der Waals surface area contributed by atoms with Crippen LogP contribution in [-0.2, 0) is 10.1 Å². The summed E-state index contributed by atoms with van der Waals surface area (Å²) >= 11 is 0. The van der Waals surface area contributed by atoms with E-state index in [9.17, 15) is 8.78 Å². The van der Waals surface area contributed by atoms with Crippen molar-refractivity contribution in [2.75, 3.05) is 0 Å². The molecule has 0 aromatic rings. The fraction of sp³-hybridized carbons (Fsp3) is 1.00. The molecule has 0 radical (unpaired) electrons. The third-order valence-corrected chi connectivity index (χ3v) is 0.675. The molecule has 0 fully saturated rings. The number of alkyl halides is 2. The Bertz CT molecular complexity index is 139. The predicted octanol–water partition coefficient (Wildman–Crippen LogP) is -1.09. The number of hydrogen-bond donors (Lipinski definition) is 1. The van der Waals surface area contributed by atoms with Crippen molar-refractivity contribution in [1.82, 2.24) is 0 Å². The van der Waals surface area contributed by atoms with E-state index in [2.05, 4.69) is 0 Å². The van der Waals surface area contributed by atoms with Gasteiger partial charge in [0.15, 0.2) is 17.4 Å². The van der Waals surface area contributed by atoms with E-state index < -0.39 is 15.9 Å². The predicted molar refractivity (Wildman–Crippen MR) is 27.5 cm³/mol. The van der Waals surface area contributed by atoms with Crippen LogP contribution in [0.2, 0.25) is 0 Å². The van der Waals surface area contributed by atoms with Crippen LogP contribution in [0.15, 0.2) is 0 Å². The second-order valence-electron chi connectivity index (χ2n) is 0.776. The molecule has 0 aromatic carbocycles. The lowest BCUT2D eigenvalue weighted by Crippen LogP contribution is -2.07. The molecule has 0 bridgehead atoms. The summed E-state index contributed by atoms with van der Waals surface area (Å²) in [4.78, 5) is 0.